The highest BCUT2D eigenvalue weighted by Gasteiger charge is 2.22. The number of anilines is 3. The van der Waals surface area contributed by atoms with Crippen LogP contribution in [0.4, 0.5) is 17.2 Å². The Hall–Kier alpha value is -2.63. The molecule has 0 spiro atoms. The van der Waals surface area contributed by atoms with Crippen LogP contribution < -0.4 is 9.80 Å². The van der Waals surface area contributed by atoms with Crippen molar-refractivity contribution in [2.45, 2.75) is 0 Å². The van der Waals surface area contributed by atoms with Crippen molar-refractivity contribution in [3.63, 3.8) is 0 Å². The zero-order valence-corrected chi connectivity index (χ0v) is 11.0. The molecule has 3 rings (SSSR count). The van der Waals surface area contributed by atoms with E-state index >= 15 is 0 Å². The quantitative estimate of drug-likeness (QED) is 0.896. The summed E-state index contributed by atoms with van der Waals surface area (Å²) in [5.74, 6) is -0.507. The Morgan fingerprint density at radius 3 is 2.70 bits per heavy atom. The summed E-state index contributed by atoms with van der Waals surface area (Å²) in [6.07, 6.45) is 2.85. The molecule has 0 unspecified atom stereocenters. The van der Waals surface area contributed by atoms with Crippen LogP contribution in [0.5, 0.6) is 0 Å². The third-order valence-electron chi connectivity index (χ3n) is 3.36. The third-order valence-corrected chi connectivity index (χ3v) is 3.36. The van der Waals surface area contributed by atoms with E-state index in [-0.39, 0.29) is 5.69 Å². The van der Waals surface area contributed by atoms with Crippen molar-refractivity contribution < 1.29 is 9.90 Å². The number of aromatic nitrogens is 2. The Bertz CT molecular complexity index is 659. The summed E-state index contributed by atoms with van der Waals surface area (Å²) in [6.45, 7) is 1.58. The average Bonchev–Trinajstić information content (AvgIpc) is 2.48. The van der Waals surface area contributed by atoms with Gasteiger partial charge in [-0.15, -0.1) is 0 Å². The minimum atomic E-state index is -1.07. The molecule has 102 valence electrons. The van der Waals surface area contributed by atoms with Gasteiger partial charge in [0.1, 0.15) is 0 Å². The maximum atomic E-state index is 11.0. The SMILES string of the molecule is CN1CCN(c2cncc(C(=O)O)n2)c2ccccc21. The second kappa shape index (κ2) is 4.80. The molecule has 0 radical (unpaired) electrons. The van der Waals surface area contributed by atoms with E-state index in [4.69, 9.17) is 5.11 Å². The zero-order chi connectivity index (χ0) is 14.1. The van der Waals surface area contributed by atoms with Gasteiger partial charge < -0.3 is 14.9 Å². The Kier molecular flexibility index (Phi) is 2.98. The molecule has 1 N–H and O–H groups in total. The second-order valence-corrected chi connectivity index (χ2v) is 4.63. The van der Waals surface area contributed by atoms with Gasteiger partial charge in [-0.3, -0.25) is 4.98 Å². The molecule has 1 aliphatic heterocycles. The van der Waals surface area contributed by atoms with Gasteiger partial charge >= 0.3 is 5.97 Å². The molecule has 20 heavy (non-hydrogen) atoms. The number of carboxylic acid groups (broad SMARTS) is 1. The van der Waals surface area contributed by atoms with Crippen molar-refractivity contribution in [2.24, 2.45) is 0 Å². The van der Waals surface area contributed by atoms with Gasteiger partial charge in [-0.25, -0.2) is 9.78 Å². The highest BCUT2D eigenvalue weighted by atomic mass is 16.4. The zero-order valence-electron chi connectivity index (χ0n) is 11.0. The van der Waals surface area contributed by atoms with Crippen LogP contribution in [0.1, 0.15) is 10.5 Å². The fourth-order valence-corrected chi connectivity index (χ4v) is 2.33. The normalized spacial score (nSPS) is 14.1. The molecule has 0 amide bonds. The summed E-state index contributed by atoms with van der Waals surface area (Å²) in [6, 6.07) is 7.98. The number of rotatable bonds is 2. The largest absolute Gasteiger partial charge is 0.476 e. The van der Waals surface area contributed by atoms with Crippen LogP contribution in [0.25, 0.3) is 0 Å². The van der Waals surface area contributed by atoms with E-state index in [9.17, 15) is 4.79 Å². The van der Waals surface area contributed by atoms with Crippen LogP contribution in [0.2, 0.25) is 0 Å². The first-order valence-corrected chi connectivity index (χ1v) is 6.30. The van der Waals surface area contributed by atoms with Crippen molar-refractivity contribution in [3.8, 4) is 0 Å². The summed E-state index contributed by atoms with van der Waals surface area (Å²) < 4.78 is 0. The Labute approximate surface area is 116 Å². The number of fused-ring (bicyclic) bond motifs is 1. The van der Waals surface area contributed by atoms with Crippen LogP contribution in [0.3, 0.4) is 0 Å². The lowest BCUT2D eigenvalue weighted by Crippen LogP contribution is -2.37. The highest BCUT2D eigenvalue weighted by Crippen LogP contribution is 2.35. The molecule has 0 atom stereocenters. The summed E-state index contributed by atoms with van der Waals surface area (Å²) in [4.78, 5) is 23.3. The Balaban J connectivity index is 2.05. The lowest BCUT2D eigenvalue weighted by molar-refractivity contribution is 0.0690. The predicted molar refractivity (Wildman–Crippen MR) is 75.7 cm³/mol. The molecule has 1 aromatic carbocycles. The van der Waals surface area contributed by atoms with Gasteiger partial charge in [-0.1, -0.05) is 12.1 Å². The van der Waals surface area contributed by atoms with Crippen LogP contribution in [0, 0.1) is 0 Å². The van der Waals surface area contributed by atoms with E-state index in [1.807, 2.05) is 36.2 Å². The van der Waals surface area contributed by atoms with Gasteiger partial charge in [-0.2, -0.15) is 0 Å². The lowest BCUT2D eigenvalue weighted by atomic mass is 10.2. The number of aromatic carboxylic acids is 1. The van der Waals surface area contributed by atoms with E-state index in [0.717, 1.165) is 24.5 Å². The van der Waals surface area contributed by atoms with Gasteiger partial charge in [0.25, 0.3) is 0 Å². The van der Waals surface area contributed by atoms with E-state index < -0.39 is 5.97 Å². The Morgan fingerprint density at radius 1 is 1.20 bits per heavy atom. The number of hydrogen-bond acceptors (Lipinski definition) is 5. The molecule has 0 bridgehead atoms. The standard InChI is InChI=1S/C14H14N4O2/c1-17-6-7-18(12-5-3-2-4-11(12)17)13-9-15-8-10(16-13)14(19)20/h2-5,8-9H,6-7H2,1H3,(H,19,20). The minimum Gasteiger partial charge on any atom is -0.476 e. The van der Waals surface area contributed by atoms with Gasteiger partial charge in [0, 0.05) is 20.1 Å². The van der Waals surface area contributed by atoms with Crippen molar-refractivity contribution in [2.75, 3.05) is 29.9 Å². The maximum Gasteiger partial charge on any atom is 0.356 e. The molecule has 0 saturated carbocycles. The third kappa shape index (κ3) is 2.05. The number of carbonyl (C=O) groups is 1. The topological polar surface area (TPSA) is 69.6 Å². The number of para-hydroxylation sites is 2. The van der Waals surface area contributed by atoms with Gasteiger partial charge in [0.05, 0.1) is 23.8 Å². The van der Waals surface area contributed by atoms with Crippen molar-refractivity contribution in [1.29, 1.82) is 0 Å². The van der Waals surface area contributed by atoms with Crippen molar-refractivity contribution in [1.82, 2.24) is 9.97 Å². The molecule has 0 fully saturated rings. The van der Waals surface area contributed by atoms with Crippen LogP contribution in [0.15, 0.2) is 36.7 Å². The van der Waals surface area contributed by atoms with E-state index in [1.165, 1.54) is 6.20 Å². The van der Waals surface area contributed by atoms with Crippen LogP contribution in [-0.2, 0) is 0 Å². The fraction of sp³-hybridized carbons (Fsp3) is 0.214. The number of benzene rings is 1. The fourth-order valence-electron chi connectivity index (χ4n) is 2.33. The van der Waals surface area contributed by atoms with Gasteiger partial charge in [-0.05, 0) is 12.1 Å². The molecule has 0 saturated heterocycles. The van der Waals surface area contributed by atoms with Gasteiger partial charge in [0.2, 0.25) is 0 Å². The monoisotopic (exact) mass is 270 g/mol. The van der Waals surface area contributed by atoms with E-state index in [2.05, 4.69) is 14.9 Å². The summed E-state index contributed by atoms with van der Waals surface area (Å²) >= 11 is 0. The van der Waals surface area contributed by atoms with Crippen molar-refractivity contribution in [3.05, 3.63) is 42.4 Å². The number of nitrogens with zero attached hydrogens (tertiary/aromatic N) is 4. The summed E-state index contributed by atoms with van der Waals surface area (Å²) in [5.41, 5.74) is 2.07. The van der Waals surface area contributed by atoms with E-state index in [1.54, 1.807) is 6.20 Å². The Morgan fingerprint density at radius 2 is 1.95 bits per heavy atom. The number of likely N-dealkylation sites (N-methyl/N-ethyl adjacent to an activating group) is 1. The van der Waals surface area contributed by atoms with Crippen molar-refractivity contribution >= 4 is 23.2 Å². The predicted octanol–water partition coefficient (Wildman–Crippen LogP) is 1.76. The van der Waals surface area contributed by atoms with Crippen LogP contribution >= 0.6 is 0 Å². The molecular weight excluding hydrogens is 256 g/mol. The molecule has 0 aliphatic carbocycles. The number of hydrogen-bond donors (Lipinski definition) is 1. The second-order valence-electron chi connectivity index (χ2n) is 4.63. The van der Waals surface area contributed by atoms with Gasteiger partial charge in [0.15, 0.2) is 11.5 Å². The summed E-state index contributed by atoms with van der Waals surface area (Å²) in [7, 11) is 2.04. The average molecular weight is 270 g/mol. The first kappa shape index (κ1) is 12.4. The lowest BCUT2D eigenvalue weighted by Gasteiger charge is -2.36. The highest BCUT2D eigenvalue weighted by molar-refractivity contribution is 5.86. The minimum absolute atomic E-state index is 0.0427. The molecule has 1 aliphatic rings. The first-order chi connectivity index (χ1) is 9.66. The molecule has 1 aromatic heterocycles. The summed E-state index contributed by atoms with van der Waals surface area (Å²) in [5, 5.41) is 9.02. The molecule has 6 heteroatoms. The number of carboxylic acids is 1. The van der Waals surface area contributed by atoms with Crippen LogP contribution in [-0.4, -0.2) is 41.2 Å². The smallest absolute Gasteiger partial charge is 0.356 e. The molecular formula is C14H14N4O2. The molecule has 2 aromatic rings. The first-order valence-electron chi connectivity index (χ1n) is 6.30. The maximum absolute atomic E-state index is 11.0. The van der Waals surface area contributed by atoms with E-state index in [0.29, 0.717) is 5.82 Å². The molecule has 2 heterocycles. The molecule has 6 nitrogen and oxygen atoms in total.